The van der Waals surface area contributed by atoms with Gasteiger partial charge in [0.15, 0.2) is 15.5 Å². The number of rotatable bonds is 6. The van der Waals surface area contributed by atoms with Gasteiger partial charge >= 0.3 is 0 Å². The predicted molar refractivity (Wildman–Crippen MR) is 162 cm³/mol. The van der Waals surface area contributed by atoms with Gasteiger partial charge in [-0.05, 0) is 49.9 Å². The van der Waals surface area contributed by atoms with Crippen molar-refractivity contribution < 1.29 is 17.9 Å². The molecule has 0 aliphatic carbocycles. The molecule has 0 unspecified atom stereocenters. The van der Waals surface area contributed by atoms with Gasteiger partial charge in [-0.25, -0.2) is 13.4 Å². The number of methoxy groups -OCH3 is 1. The Morgan fingerprint density at radius 3 is 2.48 bits per heavy atom. The van der Waals surface area contributed by atoms with Crippen LogP contribution < -0.4 is 10.5 Å². The molecule has 0 radical (unpaired) electrons. The van der Waals surface area contributed by atoms with E-state index in [1.54, 1.807) is 31.6 Å². The fourth-order valence-electron chi connectivity index (χ4n) is 6.59. The first-order valence-electron chi connectivity index (χ1n) is 14.0. The van der Waals surface area contributed by atoms with Gasteiger partial charge in [-0.2, -0.15) is 9.61 Å². The van der Waals surface area contributed by atoms with Gasteiger partial charge in [0.25, 0.3) is 5.91 Å². The van der Waals surface area contributed by atoms with E-state index in [-0.39, 0.29) is 40.4 Å². The molecule has 0 saturated carbocycles. The first-order valence-corrected chi connectivity index (χ1v) is 16.3. The summed E-state index contributed by atoms with van der Waals surface area (Å²) >= 11 is 6.31. The second-order valence-electron chi connectivity index (χ2n) is 11.2. The van der Waals surface area contributed by atoms with E-state index in [2.05, 4.69) is 25.3 Å². The Bertz CT molecular complexity index is 2000. The van der Waals surface area contributed by atoms with Crippen molar-refractivity contribution in [1.29, 1.82) is 0 Å². The zero-order valence-corrected chi connectivity index (χ0v) is 25.4. The maximum absolute atomic E-state index is 13.2. The Morgan fingerprint density at radius 2 is 1.86 bits per heavy atom. The fraction of sp³-hybridized carbons (Fsp3) is 0.310. The maximum Gasteiger partial charge on any atom is 0.292 e. The molecule has 5 aromatic rings. The highest BCUT2D eigenvalue weighted by Crippen LogP contribution is 2.45. The standard InChI is InChI=1S/C29H28ClN9O4S/c1-43-23-8-4-15(11-21(23)30)22-7-3-16(12-32-22)20-13-35-39-26(31)25(44(2,41)42)24(36-28(20)39)17-9-18-5-6-19(10-17)38(18)29(40)27-33-14-34-37-27/h3-4,7-8,11-14,17-19H,5-6,9-10,31H2,1-2H3,(H,33,34,37)/t17-,18+,19-. The number of hydrogen-bond donors (Lipinski definition) is 2. The highest BCUT2D eigenvalue weighted by Gasteiger charge is 2.46. The molecule has 2 aliphatic rings. The lowest BCUT2D eigenvalue weighted by molar-refractivity contribution is 0.0556. The van der Waals surface area contributed by atoms with E-state index >= 15 is 0 Å². The molecule has 2 fully saturated rings. The summed E-state index contributed by atoms with van der Waals surface area (Å²) in [5.41, 5.74) is 10.3. The molecule has 7 rings (SSSR count). The highest BCUT2D eigenvalue weighted by atomic mass is 35.5. The average molecular weight is 634 g/mol. The summed E-state index contributed by atoms with van der Waals surface area (Å²) < 4.78 is 32.8. The van der Waals surface area contributed by atoms with E-state index in [0.717, 1.165) is 30.2 Å². The smallest absolute Gasteiger partial charge is 0.292 e. The van der Waals surface area contributed by atoms with Crippen LogP contribution in [0.4, 0.5) is 5.82 Å². The largest absolute Gasteiger partial charge is 0.495 e. The summed E-state index contributed by atoms with van der Waals surface area (Å²) in [7, 11) is -2.21. The van der Waals surface area contributed by atoms with Gasteiger partial charge in [0.2, 0.25) is 5.82 Å². The monoisotopic (exact) mass is 633 g/mol. The van der Waals surface area contributed by atoms with Gasteiger partial charge in [0, 0.05) is 47.1 Å². The number of sulfone groups is 1. The minimum Gasteiger partial charge on any atom is -0.495 e. The van der Waals surface area contributed by atoms with Crippen LogP contribution in [0.15, 0.2) is 53.9 Å². The Labute approximate surface area is 257 Å². The Kier molecular flexibility index (Phi) is 6.77. The molecule has 15 heteroatoms. The molecular weight excluding hydrogens is 606 g/mol. The van der Waals surface area contributed by atoms with E-state index in [4.69, 9.17) is 27.1 Å². The lowest BCUT2D eigenvalue weighted by Crippen LogP contribution is -2.46. The number of fused-ring (bicyclic) bond motifs is 3. The van der Waals surface area contributed by atoms with Crippen LogP contribution in [0.2, 0.25) is 5.02 Å². The number of carbonyl (C=O) groups is 1. The molecule has 1 aromatic carbocycles. The van der Waals surface area contributed by atoms with Crippen molar-refractivity contribution in [3.63, 3.8) is 0 Å². The molecule has 3 N–H and O–H groups in total. The number of nitrogens with two attached hydrogens (primary N) is 1. The van der Waals surface area contributed by atoms with Crippen molar-refractivity contribution in [2.24, 2.45) is 0 Å². The lowest BCUT2D eigenvalue weighted by Gasteiger charge is -2.38. The summed E-state index contributed by atoms with van der Waals surface area (Å²) in [6, 6.07) is 9.04. The van der Waals surface area contributed by atoms with E-state index in [1.807, 2.05) is 23.1 Å². The van der Waals surface area contributed by atoms with Crippen LogP contribution >= 0.6 is 11.6 Å². The molecular formula is C29H28ClN9O4S. The number of nitrogen functional groups attached to an aromatic ring is 1. The summed E-state index contributed by atoms with van der Waals surface area (Å²) in [6.07, 6.45) is 8.54. The van der Waals surface area contributed by atoms with Gasteiger partial charge in [0.05, 0.1) is 29.7 Å². The molecule has 0 spiro atoms. The third-order valence-corrected chi connectivity index (χ3v) is 9.99. The van der Waals surface area contributed by atoms with E-state index < -0.39 is 9.84 Å². The number of piperidine rings is 1. The number of nitrogens with one attached hydrogen (secondary N) is 1. The number of benzene rings is 1. The van der Waals surface area contributed by atoms with Crippen LogP contribution in [0.25, 0.3) is 28.0 Å². The van der Waals surface area contributed by atoms with Crippen molar-refractivity contribution >= 4 is 38.8 Å². The van der Waals surface area contributed by atoms with Crippen molar-refractivity contribution in [2.45, 2.75) is 48.6 Å². The van der Waals surface area contributed by atoms with Crippen LogP contribution in [-0.4, -0.2) is 79.4 Å². The number of H-pyrrole nitrogens is 1. The zero-order chi connectivity index (χ0) is 30.7. The van der Waals surface area contributed by atoms with Gasteiger partial charge in [0.1, 0.15) is 22.8 Å². The number of halogens is 1. The van der Waals surface area contributed by atoms with Gasteiger partial charge in [-0.15, -0.1) is 10.2 Å². The minimum absolute atomic E-state index is 0.00344. The van der Waals surface area contributed by atoms with Crippen LogP contribution in [0, 0.1) is 0 Å². The predicted octanol–water partition coefficient (Wildman–Crippen LogP) is 3.77. The van der Waals surface area contributed by atoms with Gasteiger partial charge in [-0.1, -0.05) is 17.7 Å². The second-order valence-corrected chi connectivity index (χ2v) is 13.5. The third kappa shape index (κ3) is 4.65. The second kappa shape index (κ2) is 10.6. The first-order chi connectivity index (χ1) is 21.1. The third-order valence-electron chi connectivity index (χ3n) is 8.53. The summed E-state index contributed by atoms with van der Waals surface area (Å²) in [4.78, 5) is 27.4. The topological polar surface area (TPSA) is 174 Å². The number of ether oxygens (including phenoxy) is 1. The summed E-state index contributed by atoms with van der Waals surface area (Å²) in [5, 5.41) is 12.5. The van der Waals surface area contributed by atoms with Crippen molar-refractivity contribution in [2.75, 3.05) is 19.1 Å². The van der Waals surface area contributed by atoms with Crippen molar-refractivity contribution in [3.05, 3.63) is 65.6 Å². The quantitative estimate of drug-likeness (QED) is 0.280. The zero-order valence-electron chi connectivity index (χ0n) is 23.8. The molecule has 1 amide bonds. The number of pyridine rings is 1. The molecule has 13 nitrogen and oxygen atoms in total. The average Bonchev–Trinajstić information content (AvgIpc) is 3.75. The SMILES string of the molecule is COc1ccc(-c2ccc(-c3cnn4c(N)c(S(C)(=O)=O)c([C@H]5C[C@H]6CC[C@@H](C5)N6C(=O)c5nnc[nH]5)nc34)cn2)cc1Cl. The van der Waals surface area contributed by atoms with E-state index in [9.17, 15) is 13.2 Å². The van der Waals surface area contributed by atoms with Crippen molar-refractivity contribution in [1.82, 2.24) is 39.7 Å². The summed E-state index contributed by atoms with van der Waals surface area (Å²) in [6.45, 7) is 0. The normalized spacial score (nSPS) is 19.9. The van der Waals surface area contributed by atoms with Crippen LogP contribution in [0.1, 0.15) is 47.9 Å². The number of aromatic amines is 1. The highest BCUT2D eigenvalue weighted by molar-refractivity contribution is 7.91. The van der Waals surface area contributed by atoms with Gasteiger partial charge in [-0.3, -0.25) is 9.78 Å². The molecule has 226 valence electrons. The van der Waals surface area contributed by atoms with E-state index in [1.165, 1.54) is 10.8 Å². The summed E-state index contributed by atoms with van der Waals surface area (Å²) in [5.74, 6) is 0.340. The lowest BCUT2D eigenvalue weighted by atomic mass is 9.87. The molecule has 2 aliphatic heterocycles. The molecule has 6 heterocycles. The molecule has 2 saturated heterocycles. The minimum atomic E-state index is -3.77. The molecule has 4 aromatic heterocycles. The number of amides is 1. The number of carbonyl (C=O) groups excluding carboxylic acids is 1. The van der Waals surface area contributed by atoms with Crippen LogP contribution in [0.5, 0.6) is 5.75 Å². The first kappa shape index (κ1) is 28.2. The molecule has 2 bridgehead atoms. The number of aromatic nitrogens is 7. The maximum atomic E-state index is 13.2. The molecule has 44 heavy (non-hydrogen) atoms. The number of hydrogen-bond acceptors (Lipinski definition) is 10. The van der Waals surface area contributed by atoms with Crippen LogP contribution in [0.3, 0.4) is 0 Å². The fourth-order valence-corrected chi connectivity index (χ4v) is 7.91. The van der Waals surface area contributed by atoms with Gasteiger partial charge < -0.3 is 20.4 Å². The van der Waals surface area contributed by atoms with Crippen molar-refractivity contribution in [3.8, 4) is 28.1 Å². The van der Waals surface area contributed by atoms with Crippen LogP contribution in [-0.2, 0) is 9.84 Å². The Morgan fingerprint density at radius 1 is 1.11 bits per heavy atom. The number of anilines is 1. The Hall–Kier alpha value is -4.56. The Balaban J connectivity index is 1.26. The number of nitrogens with zero attached hydrogens (tertiary/aromatic N) is 7. The molecule has 3 atom stereocenters. The van der Waals surface area contributed by atoms with E-state index in [0.29, 0.717) is 46.2 Å².